The van der Waals surface area contributed by atoms with Gasteiger partial charge in [-0.15, -0.1) is 0 Å². The lowest BCUT2D eigenvalue weighted by Gasteiger charge is -2.21. The molecule has 0 saturated heterocycles. The van der Waals surface area contributed by atoms with E-state index in [1.54, 1.807) is 12.4 Å². The number of benzene rings is 1. The van der Waals surface area contributed by atoms with Gasteiger partial charge < -0.3 is 14.8 Å². The van der Waals surface area contributed by atoms with Crippen LogP contribution in [-0.2, 0) is 6.54 Å². The molecule has 0 amide bonds. The highest BCUT2D eigenvalue weighted by Crippen LogP contribution is 2.32. The monoisotopic (exact) mass is 285 g/mol. The van der Waals surface area contributed by atoms with Crippen LogP contribution in [0.15, 0.2) is 30.6 Å². The number of nitrogens with zero attached hydrogens (tertiary/aromatic N) is 2. The largest absolute Gasteiger partial charge is 0.486 e. The summed E-state index contributed by atoms with van der Waals surface area (Å²) in [5.74, 6) is 1.64. The van der Waals surface area contributed by atoms with Crippen molar-refractivity contribution in [2.75, 3.05) is 13.2 Å². The molecule has 5 nitrogen and oxygen atoms in total. The second kappa shape index (κ2) is 6.10. The average Bonchev–Trinajstić information content (AvgIpc) is 2.53. The van der Waals surface area contributed by atoms with Crippen LogP contribution in [0.25, 0.3) is 0 Å². The predicted molar refractivity (Wildman–Crippen MR) is 79.5 cm³/mol. The number of rotatable bonds is 4. The second-order valence-electron chi connectivity index (χ2n) is 5.15. The molecule has 0 fully saturated rings. The summed E-state index contributed by atoms with van der Waals surface area (Å²) in [6, 6.07) is 6.26. The molecular weight excluding hydrogens is 266 g/mol. The molecule has 0 saturated carbocycles. The summed E-state index contributed by atoms with van der Waals surface area (Å²) in [6.45, 7) is 5.96. The summed E-state index contributed by atoms with van der Waals surface area (Å²) in [6.07, 6.45) is 3.59. The first kappa shape index (κ1) is 13.8. The Morgan fingerprint density at radius 2 is 1.95 bits per heavy atom. The lowest BCUT2D eigenvalue weighted by molar-refractivity contribution is 0.171. The molecule has 110 valence electrons. The Morgan fingerprint density at radius 1 is 1.14 bits per heavy atom. The van der Waals surface area contributed by atoms with E-state index >= 15 is 0 Å². The third-order valence-electron chi connectivity index (χ3n) is 3.49. The highest BCUT2D eigenvalue weighted by molar-refractivity contribution is 5.44. The first-order valence-corrected chi connectivity index (χ1v) is 7.13. The van der Waals surface area contributed by atoms with Crippen LogP contribution in [0.2, 0.25) is 0 Å². The van der Waals surface area contributed by atoms with Gasteiger partial charge in [-0.1, -0.05) is 6.07 Å². The van der Waals surface area contributed by atoms with Crippen molar-refractivity contribution in [2.24, 2.45) is 0 Å². The van der Waals surface area contributed by atoms with Gasteiger partial charge >= 0.3 is 0 Å². The van der Waals surface area contributed by atoms with Crippen LogP contribution in [0.3, 0.4) is 0 Å². The Hall–Kier alpha value is -2.14. The first-order chi connectivity index (χ1) is 10.2. The first-order valence-electron chi connectivity index (χ1n) is 7.13. The van der Waals surface area contributed by atoms with E-state index in [0.717, 1.165) is 22.9 Å². The smallest absolute Gasteiger partial charge is 0.161 e. The highest BCUT2D eigenvalue weighted by atomic mass is 16.6. The number of hydrogen-bond donors (Lipinski definition) is 1. The lowest BCUT2D eigenvalue weighted by Crippen LogP contribution is -2.20. The second-order valence-corrected chi connectivity index (χ2v) is 5.15. The molecule has 1 N–H and O–H groups in total. The van der Waals surface area contributed by atoms with Crippen LogP contribution in [-0.4, -0.2) is 23.2 Å². The normalized spacial score (nSPS) is 14.8. The van der Waals surface area contributed by atoms with Gasteiger partial charge in [0, 0.05) is 25.0 Å². The van der Waals surface area contributed by atoms with Crippen LogP contribution in [0.1, 0.15) is 29.9 Å². The van der Waals surface area contributed by atoms with E-state index in [9.17, 15) is 0 Å². The molecule has 0 radical (unpaired) electrons. The van der Waals surface area contributed by atoms with Gasteiger partial charge in [0.2, 0.25) is 0 Å². The van der Waals surface area contributed by atoms with Crippen molar-refractivity contribution in [1.82, 2.24) is 15.3 Å². The predicted octanol–water partition coefficient (Wildman–Crippen LogP) is 2.41. The highest BCUT2D eigenvalue weighted by Gasteiger charge is 2.14. The lowest BCUT2D eigenvalue weighted by atomic mass is 10.1. The van der Waals surface area contributed by atoms with Crippen molar-refractivity contribution in [1.29, 1.82) is 0 Å². The van der Waals surface area contributed by atoms with E-state index in [4.69, 9.17) is 9.47 Å². The van der Waals surface area contributed by atoms with Gasteiger partial charge in [-0.3, -0.25) is 9.97 Å². The quantitative estimate of drug-likeness (QED) is 0.935. The van der Waals surface area contributed by atoms with Crippen molar-refractivity contribution in [3.63, 3.8) is 0 Å². The Labute approximate surface area is 124 Å². The molecule has 1 unspecified atom stereocenters. The molecule has 1 aromatic heterocycles. The molecule has 1 aliphatic heterocycles. The fourth-order valence-corrected chi connectivity index (χ4v) is 2.22. The average molecular weight is 285 g/mol. The van der Waals surface area contributed by atoms with Gasteiger partial charge in [-0.05, 0) is 31.5 Å². The van der Waals surface area contributed by atoms with Crippen molar-refractivity contribution in [3.05, 3.63) is 47.5 Å². The Bertz CT molecular complexity index is 613. The summed E-state index contributed by atoms with van der Waals surface area (Å²) in [4.78, 5) is 8.59. The third kappa shape index (κ3) is 3.31. The molecule has 2 aromatic rings. The molecule has 21 heavy (non-hydrogen) atoms. The SMILES string of the molecule is Cc1cnc(CNC(C)c2ccc3c(c2)OCCO3)cn1. The zero-order valence-electron chi connectivity index (χ0n) is 12.3. The Morgan fingerprint density at radius 3 is 2.71 bits per heavy atom. The fraction of sp³-hybridized carbons (Fsp3) is 0.375. The number of fused-ring (bicyclic) bond motifs is 1. The number of ether oxygens (including phenoxy) is 2. The molecule has 2 heterocycles. The summed E-state index contributed by atoms with van der Waals surface area (Å²) in [5, 5.41) is 3.44. The van der Waals surface area contributed by atoms with Gasteiger partial charge in [-0.25, -0.2) is 0 Å². The minimum absolute atomic E-state index is 0.198. The number of aryl methyl sites for hydroxylation is 1. The van der Waals surface area contributed by atoms with Gasteiger partial charge in [-0.2, -0.15) is 0 Å². The molecule has 5 heteroatoms. The summed E-state index contributed by atoms with van der Waals surface area (Å²) < 4.78 is 11.2. The maximum Gasteiger partial charge on any atom is 0.161 e. The van der Waals surface area contributed by atoms with Gasteiger partial charge in [0.25, 0.3) is 0 Å². The molecule has 0 spiro atoms. The van der Waals surface area contributed by atoms with Gasteiger partial charge in [0.05, 0.1) is 11.4 Å². The maximum absolute atomic E-state index is 5.62. The van der Waals surface area contributed by atoms with Crippen LogP contribution in [0.5, 0.6) is 11.5 Å². The maximum atomic E-state index is 5.62. The molecule has 1 aromatic carbocycles. The van der Waals surface area contributed by atoms with E-state index in [-0.39, 0.29) is 6.04 Å². The molecule has 0 bridgehead atoms. The van der Waals surface area contributed by atoms with E-state index in [2.05, 4.69) is 28.3 Å². The third-order valence-corrected chi connectivity index (χ3v) is 3.49. The number of hydrogen-bond acceptors (Lipinski definition) is 5. The minimum atomic E-state index is 0.198. The topological polar surface area (TPSA) is 56.3 Å². The van der Waals surface area contributed by atoms with Crippen LogP contribution >= 0.6 is 0 Å². The van der Waals surface area contributed by atoms with Crippen molar-refractivity contribution < 1.29 is 9.47 Å². The standard InChI is InChI=1S/C16H19N3O2/c1-11-8-19-14(9-17-11)10-18-12(2)13-3-4-15-16(7-13)21-6-5-20-15/h3-4,7-9,12,18H,5-6,10H2,1-2H3. The zero-order chi connectivity index (χ0) is 14.7. The fourth-order valence-electron chi connectivity index (χ4n) is 2.22. The van der Waals surface area contributed by atoms with E-state index in [0.29, 0.717) is 19.8 Å². The molecular formula is C16H19N3O2. The van der Waals surface area contributed by atoms with Gasteiger partial charge in [0.15, 0.2) is 11.5 Å². The summed E-state index contributed by atoms with van der Waals surface area (Å²) in [5.41, 5.74) is 3.03. The Balaban J connectivity index is 1.65. The number of nitrogens with one attached hydrogen (secondary N) is 1. The summed E-state index contributed by atoms with van der Waals surface area (Å²) >= 11 is 0. The zero-order valence-corrected chi connectivity index (χ0v) is 12.3. The van der Waals surface area contributed by atoms with Crippen molar-refractivity contribution in [3.8, 4) is 11.5 Å². The van der Waals surface area contributed by atoms with E-state index in [1.165, 1.54) is 5.56 Å². The van der Waals surface area contributed by atoms with E-state index < -0.39 is 0 Å². The van der Waals surface area contributed by atoms with Crippen LogP contribution in [0.4, 0.5) is 0 Å². The molecule has 0 aliphatic carbocycles. The molecule has 3 rings (SSSR count). The minimum Gasteiger partial charge on any atom is -0.486 e. The number of aromatic nitrogens is 2. The summed E-state index contributed by atoms with van der Waals surface area (Å²) in [7, 11) is 0. The van der Waals surface area contributed by atoms with Crippen LogP contribution in [0, 0.1) is 6.92 Å². The van der Waals surface area contributed by atoms with E-state index in [1.807, 2.05) is 19.1 Å². The van der Waals surface area contributed by atoms with Gasteiger partial charge in [0.1, 0.15) is 13.2 Å². The van der Waals surface area contributed by atoms with Crippen molar-refractivity contribution in [2.45, 2.75) is 26.4 Å². The molecule has 1 aliphatic rings. The van der Waals surface area contributed by atoms with Crippen molar-refractivity contribution >= 4 is 0 Å². The Kier molecular flexibility index (Phi) is 4.01. The molecule has 1 atom stereocenters. The van der Waals surface area contributed by atoms with Crippen LogP contribution < -0.4 is 14.8 Å².